The van der Waals surface area contributed by atoms with Gasteiger partial charge in [-0.05, 0) is 29.7 Å². The van der Waals surface area contributed by atoms with Crippen molar-refractivity contribution in [3.63, 3.8) is 0 Å². The van der Waals surface area contributed by atoms with Crippen molar-refractivity contribution in [1.29, 1.82) is 0 Å². The summed E-state index contributed by atoms with van der Waals surface area (Å²) >= 11 is 0. The zero-order valence-corrected chi connectivity index (χ0v) is 9.80. The Morgan fingerprint density at radius 1 is 0.824 bits per heavy atom. The van der Waals surface area contributed by atoms with E-state index in [1.165, 1.54) is 11.1 Å². The van der Waals surface area contributed by atoms with Gasteiger partial charge in [-0.3, -0.25) is 0 Å². The predicted octanol–water partition coefficient (Wildman–Crippen LogP) is 3.03. The summed E-state index contributed by atoms with van der Waals surface area (Å²) in [6.07, 6.45) is 0.924. The van der Waals surface area contributed by atoms with E-state index >= 15 is 0 Å². The van der Waals surface area contributed by atoms with Crippen molar-refractivity contribution in [1.82, 2.24) is 0 Å². The van der Waals surface area contributed by atoms with Crippen LogP contribution in [0.5, 0.6) is 0 Å². The van der Waals surface area contributed by atoms with Crippen LogP contribution in [0.1, 0.15) is 11.1 Å². The fraction of sp³-hybridized carbons (Fsp3) is 0.200. The smallest absolute Gasteiger partial charge is 0.0717 e. The number of rotatable bonds is 5. The van der Waals surface area contributed by atoms with Crippen LogP contribution in [0.25, 0.3) is 0 Å². The molecular weight excluding hydrogens is 210 g/mol. The summed E-state index contributed by atoms with van der Waals surface area (Å²) in [6, 6.07) is 18.1. The van der Waals surface area contributed by atoms with Crippen LogP contribution in [0, 0.1) is 0 Å². The van der Waals surface area contributed by atoms with E-state index in [2.05, 4.69) is 12.1 Å². The van der Waals surface area contributed by atoms with Crippen molar-refractivity contribution >= 4 is 5.69 Å². The average Bonchev–Trinajstić information content (AvgIpc) is 2.38. The van der Waals surface area contributed by atoms with Gasteiger partial charge >= 0.3 is 0 Å². The second-order valence-corrected chi connectivity index (χ2v) is 4.03. The highest BCUT2D eigenvalue weighted by molar-refractivity contribution is 5.39. The summed E-state index contributed by atoms with van der Waals surface area (Å²) in [5, 5.41) is 0. The zero-order valence-electron chi connectivity index (χ0n) is 9.80. The minimum Gasteiger partial charge on any atom is -0.399 e. The highest BCUT2D eigenvalue weighted by Gasteiger charge is 1.94. The van der Waals surface area contributed by atoms with Crippen molar-refractivity contribution in [2.45, 2.75) is 13.0 Å². The average molecular weight is 227 g/mol. The number of nitrogens with two attached hydrogens (primary N) is 1. The predicted molar refractivity (Wildman–Crippen MR) is 70.7 cm³/mol. The first-order valence-corrected chi connectivity index (χ1v) is 5.81. The van der Waals surface area contributed by atoms with E-state index in [0.29, 0.717) is 6.61 Å². The highest BCUT2D eigenvalue weighted by atomic mass is 16.5. The summed E-state index contributed by atoms with van der Waals surface area (Å²) in [5.74, 6) is 0. The van der Waals surface area contributed by atoms with E-state index in [4.69, 9.17) is 10.5 Å². The minimum absolute atomic E-state index is 0.676. The molecule has 2 heteroatoms. The SMILES string of the molecule is Nc1ccc(CCOCc2ccccc2)cc1. The second kappa shape index (κ2) is 6.06. The summed E-state index contributed by atoms with van der Waals surface area (Å²) in [4.78, 5) is 0. The van der Waals surface area contributed by atoms with Gasteiger partial charge in [0.15, 0.2) is 0 Å². The van der Waals surface area contributed by atoms with Gasteiger partial charge in [0.1, 0.15) is 0 Å². The Labute approximate surface area is 102 Å². The molecule has 0 atom stereocenters. The topological polar surface area (TPSA) is 35.2 Å². The number of anilines is 1. The summed E-state index contributed by atoms with van der Waals surface area (Å²) < 4.78 is 5.62. The molecule has 0 aliphatic carbocycles. The molecule has 0 saturated heterocycles. The molecule has 0 radical (unpaired) electrons. The Morgan fingerprint density at radius 2 is 1.53 bits per heavy atom. The van der Waals surface area contributed by atoms with Crippen molar-refractivity contribution in [3.05, 3.63) is 65.7 Å². The van der Waals surface area contributed by atoms with E-state index in [-0.39, 0.29) is 0 Å². The maximum absolute atomic E-state index is 5.63. The summed E-state index contributed by atoms with van der Waals surface area (Å²) in [7, 11) is 0. The monoisotopic (exact) mass is 227 g/mol. The van der Waals surface area contributed by atoms with Crippen LogP contribution < -0.4 is 5.73 Å². The molecule has 88 valence electrons. The van der Waals surface area contributed by atoms with Crippen molar-refractivity contribution in [3.8, 4) is 0 Å². The summed E-state index contributed by atoms with van der Waals surface area (Å²) in [6.45, 7) is 1.41. The van der Waals surface area contributed by atoms with Crippen LogP contribution >= 0.6 is 0 Å². The van der Waals surface area contributed by atoms with Gasteiger partial charge in [0.25, 0.3) is 0 Å². The van der Waals surface area contributed by atoms with Gasteiger partial charge in [-0.15, -0.1) is 0 Å². The van der Waals surface area contributed by atoms with Crippen LogP contribution in [0.15, 0.2) is 54.6 Å². The normalized spacial score (nSPS) is 10.4. The molecule has 0 amide bonds. The molecule has 0 unspecified atom stereocenters. The number of ether oxygens (including phenoxy) is 1. The van der Waals surface area contributed by atoms with E-state index in [1.807, 2.05) is 42.5 Å². The van der Waals surface area contributed by atoms with E-state index < -0.39 is 0 Å². The minimum atomic E-state index is 0.676. The lowest BCUT2D eigenvalue weighted by molar-refractivity contribution is 0.124. The van der Waals surface area contributed by atoms with Crippen LogP contribution in [0.4, 0.5) is 5.69 Å². The first-order chi connectivity index (χ1) is 8.34. The highest BCUT2D eigenvalue weighted by Crippen LogP contribution is 2.07. The molecule has 2 aromatic rings. The first-order valence-electron chi connectivity index (χ1n) is 5.81. The van der Waals surface area contributed by atoms with E-state index in [0.717, 1.165) is 18.7 Å². The summed E-state index contributed by atoms with van der Waals surface area (Å²) in [5.41, 5.74) is 8.90. The fourth-order valence-electron chi connectivity index (χ4n) is 1.64. The maximum atomic E-state index is 5.63. The molecule has 0 aliphatic rings. The molecule has 2 aromatic carbocycles. The van der Waals surface area contributed by atoms with Crippen LogP contribution in [-0.4, -0.2) is 6.61 Å². The van der Waals surface area contributed by atoms with Crippen LogP contribution in [-0.2, 0) is 17.8 Å². The molecule has 17 heavy (non-hydrogen) atoms. The maximum Gasteiger partial charge on any atom is 0.0717 e. The molecule has 0 aliphatic heterocycles. The number of hydrogen-bond donors (Lipinski definition) is 1. The molecular formula is C15H17NO. The van der Waals surface area contributed by atoms with Gasteiger partial charge in [-0.25, -0.2) is 0 Å². The Morgan fingerprint density at radius 3 is 2.24 bits per heavy atom. The molecule has 0 aromatic heterocycles. The fourth-order valence-corrected chi connectivity index (χ4v) is 1.64. The van der Waals surface area contributed by atoms with Crippen molar-refractivity contribution < 1.29 is 4.74 Å². The van der Waals surface area contributed by atoms with Gasteiger partial charge in [0, 0.05) is 5.69 Å². The molecule has 0 spiro atoms. The first kappa shape index (κ1) is 11.7. The van der Waals surface area contributed by atoms with Gasteiger partial charge in [0.2, 0.25) is 0 Å². The lowest BCUT2D eigenvalue weighted by Gasteiger charge is -2.05. The van der Waals surface area contributed by atoms with Gasteiger partial charge in [-0.2, -0.15) is 0 Å². The molecule has 0 saturated carbocycles. The Balaban J connectivity index is 1.71. The van der Waals surface area contributed by atoms with Gasteiger partial charge in [-0.1, -0.05) is 42.5 Å². The van der Waals surface area contributed by atoms with E-state index in [1.54, 1.807) is 0 Å². The molecule has 0 bridgehead atoms. The Bertz CT molecular complexity index is 436. The molecule has 0 heterocycles. The number of nitrogen functional groups attached to an aromatic ring is 1. The zero-order chi connectivity index (χ0) is 11.9. The Kier molecular flexibility index (Phi) is 4.17. The lowest BCUT2D eigenvalue weighted by Crippen LogP contribution is -1.99. The third kappa shape index (κ3) is 3.93. The quantitative estimate of drug-likeness (QED) is 0.629. The molecule has 0 fully saturated rings. The number of benzene rings is 2. The second-order valence-electron chi connectivity index (χ2n) is 4.03. The van der Waals surface area contributed by atoms with Crippen molar-refractivity contribution in [2.24, 2.45) is 0 Å². The van der Waals surface area contributed by atoms with Crippen LogP contribution in [0.2, 0.25) is 0 Å². The Hall–Kier alpha value is -1.80. The molecule has 2 rings (SSSR count). The third-order valence-electron chi connectivity index (χ3n) is 2.63. The largest absolute Gasteiger partial charge is 0.399 e. The lowest BCUT2D eigenvalue weighted by atomic mass is 10.1. The third-order valence-corrected chi connectivity index (χ3v) is 2.63. The van der Waals surface area contributed by atoms with Gasteiger partial charge in [0.05, 0.1) is 13.2 Å². The van der Waals surface area contributed by atoms with Crippen LogP contribution in [0.3, 0.4) is 0 Å². The molecule has 2 nitrogen and oxygen atoms in total. The number of hydrogen-bond acceptors (Lipinski definition) is 2. The van der Waals surface area contributed by atoms with Crippen molar-refractivity contribution in [2.75, 3.05) is 12.3 Å². The molecule has 2 N–H and O–H groups in total. The van der Waals surface area contributed by atoms with E-state index in [9.17, 15) is 0 Å². The standard InChI is InChI=1S/C15H17NO/c16-15-8-6-13(7-9-15)10-11-17-12-14-4-2-1-3-5-14/h1-9H,10-12,16H2. The van der Waals surface area contributed by atoms with Gasteiger partial charge < -0.3 is 10.5 Å².